The smallest absolute Gasteiger partial charge is 0.221 e. The Labute approximate surface area is 112 Å². The number of hydrogen-bond acceptors (Lipinski definition) is 2. The molecule has 0 heterocycles. The molecule has 2 N–H and O–H groups in total. The van der Waals surface area contributed by atoms with Crippen molar-refractivity contribution in [2.45, 2.75) is 26.3 Å². The molecule has 1 aromatic carbocycles. The molecule has 100 valence electrons. The summed E-state index contributed by atoms with van der Waals surface area (Å²) in [5.41, 5.74) is 0.549. The van der Waals surface area contributed by atoms with E-state index >= 15 is 0 Å². The van der Waals surface area contributed by atoms with Crippen LogP contribution in [0.25, 0.3) is 0 Å². The maximum absolute atomic E-state index is 13.4. The number of benzene rings is 1. The van der Waals surface area contributed by atoms with Gasteiger partial charge in [-0.2, -0.15) is 0 Å². The summed E-state index contributed by atoms with van der Waals surface area (Å²) in [6.45, 7) is 3.62. The van der Waals surface area contributed by atoms with Gasteiger partial charge in [0.05, 0.1) is 0 Å². The lowest BCUT2D eigenvalue weighted by molar-refractivity contribution is -0.120. The van der Waals surface area contributed by atoms with Crippen molar-refractivity contribution in [1.29, 1.82) is 0 Å². The Bertz CT molecular complexity index is 399. The zero-order valence-electron chi connectivity index (χ0n) is 10.4. The van der Waals surface area contributed by atoms with Crippen LogP contribution in [0.15, 0.2) is 18.2 Å². The van der Waals surface area contributed by atoms with Crippen LogP contribution in [-0.2, 0) is 11.3 Å². The molecule has 0 aromatic heterocycles. The summed E-state index contributed by atoms with van der Waals surface area (Å²) in [5.74, 6) is -0.314. The minimum Gasteiger partial charge on any atom is -0.356 e. The van der Waals surface area contributed by atoms with E-state index in [1.165, 1.54) is 6.07 Å². The summed E-state index contributed by atoms with van der Waals surface area (Å²) in [6.07, 6.45) is 1.32. The van der Waals surface area contributed by atoms with E-state index in [0.29, 0.717) is 36.6 Å². The SMILES string of the molecule is CCCNC(=O)CCNCc1ccc(Cl)cc1F. The summed E-state index contributed by atoms with van der Waals surface area (Å²) in [5, 5.41) is 6.19. The second kappa shape index (κ2) is 8.06. The molecule has 0 saturated carbocycles. The Morgan fingerprint density at radius 1 is 1.39 bits per heavy atom. The largest absolute Gasteiger partial charge is 0.356 e. The highest BCUT2D eigenvalue weighted by atomic mass is 35.5. The molecule has 0 radical (unpaired) electrons. The van der Waals surface area contributed by atoms with Gasteiger partial charge in [0.1, 0.15) is 5.82 Å². The molecule has 0 atom stereocenters. The normalized spacial score (nSPS) is 10.4. The van der Waals surface area contributed by atoms with E-state index in [2.05, 4.69) is 10.6 Å². The predicted molar refractivity (Wildman–Crippen MR) is 71.0 cm³/mol. The molecule has 1 aromatic rings. The van der Waals surface area contributed by atoms with Crippen LogP contribution in [0, 0.1) is 5.82 Å². The minimum atomic E-state index is -0.328. The first-order valence-electron chi connectivity index (χ1n) is 6.04. The Hall–Kier alpha value is -1.13. The van der Waals surface area contributed by atoms with E-state index in [4.69, 9.17) is 11.6 Å². The molecule has 5 heteroatoms. The zero-order valence-corrected chi connectivity index (χ0v) is 11.2. The summed E-state index contributed by atoms with van der Waals surface area (Å²) in [4.78, 5) is 11.3. The summed E-state index contributed by atoms with van der Waals surface area (Å²) in [7, 11) is 0. The number of halogens is 2. The van der Waals surface area contributed by atoms with Gasteiger partial charge in [-0.15, -0.1) is 0 Å². The highest BCUT2D eigenvalue weighted by Gasteiger charge is 2.03. The van der Waals surface area contributed by atoms with Gasteiger partial charge in [-0.1, -0.05) is 24.6 Å². The van der Waals surface area contributed by atoms with Gasteiger partial charge in [-0.05, 0) is 18.6 Å². The monoisotopic (exact) mass is 272 g/mol. The molecule has 1 amide bonds. The van der Waals surface area contributed by atoms with Gasteiger partial charge < -0.3 is 10.6 Å². The van der Waals surface area contributed by atoms with Gasteiger partial charge in [0.25, 0.3) is 0 Å². The molecule has 0 aliphatic rings. The second-order valence-electron chi connectivity index (χ2n) is 4.01. The minimum absolute atomic E-state index is 0.0147. The topological polar surface area (TPSA) is 41.1 Å². The lowest BCUT2D eigenvalue weighted by Crippen LogP contribution is -2.28. The first kappa shape index (κ1) is 14.9. The number of hydrogen-bond donors (Lipinski definition) is 2. The number of carbonyl (C=O) groups excluding carboxylic acids is 1. The van der Waals surface area contributed by atoms with E-state index in [0.717, 1.165) is 6.42 Å². The maximum Gasteiger partial charge on any atom is 0.221 e. The van der Waals surface area contributed by atoms with Gasteiger partial charge in [0, 0.05) is 36.6 Å². The Balaban J connectivity index is 2.23. The first-order chi connectivity index (χ1) is 8.63. The van der Waals surface area contributed by atoms with Crippen molar-refractivity contribution >= 4 is 17.5 Å². The van der Waals surface area contributed by atoms with Crippen LogP contribution in [0.1, 0.15) is 25.3 Å². The van der Waals surface area contributed by atoms with Crippen molar-refractivity contribution in [3.05, 3.63) is 34.6 Å². The van der Waals surface area contributed by atoms with Crippen LogP contribution < -0.4 is 10.6 Å². The molecule has 3 nitrogen and oxygen atoms in total. The predicted octanol–water partition coefficient (Wildman–Crippen LogP) is 2.49. The number of carbonyl (C=O) groups is 1. The molecule has 0 aliphatic carbocycles. The van der Waals surface area contributed by atoms with Gasteiger partial charge in [0.15, 0.2) is 0 Å². The van der Waals surface area contributed by atoms with Crippen LogP contribution in [0.5, 0.6) is 0 Å². The molecule has 0 saturated heterocycles. The molecular weight excluding hydrogens is 255 g/mol. The highest BCUT2D eigenvalue weighted by molar-refractivity contribution is 6.30. The quantitative estimate of drug-likeness (QED) is 0.749. The van der Waals surface area contributed by atoms with Crippen LogP contribution >= 0.6 is 11.6 Å². The second-order valence-corrected chi connectivity index (χ2v) is 4.45. The number of amides is 1. The van der Waals surface area contributed by atoms with Gasteiger partial charge in [-0.25, -0.2) is 4.39 Å². The van der Waals surface area contributed by atoms with Crippen molar-refractivity contribution in [2.75, 3.05) is 13.1 Å². The van der Waals surface area contributed by atoms with E-state index < -0.39 is 0 Å². The van der Waals surface area contributed by atoms with Crippen LogP contribution in [0.2, 0.25) is 5.02 Å². The Kier molecular flexibility index (Phi) is 6.68. The molecule has 1 rings (SSSR count). The summed E-state index contributed by atoms with van der Waals surface area (Å²) in [6, 6.07) is 4.57. The van der Waals surface area contributed by atoms with Crippen molar-refractivity contribution in [2.24, 2.45) is 0 Å². The molecule has 0 fully saturated rings. The fraction of sp³-hybridized carbons (Fsp3) is 0.462. The third-order valence-electron chi connectivity index (χ3n) is 2.43. The van der Waals surface area contributed by atoms with Gasteiger partial charge >= 0.3 is 0 Å². The number of rotatable bonds is 7. The molecule has 18 heavy (non-hydrogen) atoms. The summed E-state index contributed by atoms with van der Waals surface area (Å²) >= 11 is 5.65. The molecular formula is C13H18ClFN2O. The van der Waals surface area contributed by atoms with Crippen molar-refractivity contribution < 1.29 is 9.18 Å². The lowest BCUT2D eigenvalue weighted by Gasteiger charge is -2.07. The molecule has 0 bridgehead atoms. The Morgan fingerprint density at radius 2 is 2.17 bits per heavy atom. The highest BCUT2D eigenvalue weighted by Crippen LogP contribution is 2.14. The van der Waals surface area contributed by atoms with Crippen LogP contribution in [-0.4, -0.2) is 19.0 Å². The van der Waals surface area contributed by atoms with E-state index in [9.17, 15) is 9.18 Å². The van der Waals surface area contributed by atoms with Crippen LogP contribution in [0.3, 0.4) is 0 Å². The average molecular weight is 273 g/mol. The van der Waals surface area contributed by atoms with Gasteiger partial charge in [0.2, 0.25) is 5.91 Å². The lowest BCUT2D eigenvalue weighted by atomic mass is 10.2. The van der Waals surface area contributed by atoms with E-state index in [-0.39, 0.29) is 11.7 Å². The molecule has 0 spiro atoms. The first-order valence-corrected chi connectivity index (χ1v) is 6.42. The summed E-state index contributed by atoms with van der Waals surface area (Å²) < 4.78 is 13.4. The number of nitrogens with one attached hydrogen (secondary N) is 2. The third-order valence-corrected chi connectivity index (χ3v) is 2.67. The van der Waals surface area contributed by atoms with Gasteiger partial charge in [-0.3, -0.25) is 4.79 Å². The fourth-order valence-corrected chi connectivity index (χ4v) is 1.60. The standard InChI is InChI=1S/C13H18ClFN2O/c1-2-6-17-13(18)5-7-16-9-10-3-4-11(14)8-12(10)15/h3-4,8,16H,2,5-7,9H2,1H3,(H,17,18). The average Bonchev–Trinajstić information content (AvgIpc) is 2.34. The van der Waals surface area contributed by atoms with E-state index in [1.807, 2.05) is 6.92 Å². The Morgan fingerprint density at radius 3 is 2.83 bits per heavy atom. The van der Waals surface area contributed by atoms with Crippen molar-refractivity contribution in [1.82, 2.24) is 10.6 Å². The van der Waals surface area contributed by atoms with E-state index in [1.54, 1.807) is 12.1 Å². The molecule has 0 aliphatic heterocycles. The van der Waals surface area contributed by atoms with Crippen LogP contribution in [0.4, 0.5) is 4.39 Å². The third kappa shape index (κ3) is 5.47. The maximum atomic E-state index is 13.4. The van der Waals surface area contributed by atoms with Crippen molar-refractivity contribution in [3.63, 3.8) is 0 Å². The fourth-order valence-electron chi connectivity index (χ4n) is 1.44. The zero-order chi connectivity index (χ0) is 13.4. The van der Waals surface area contributed by atoms with Crippen molar-refractivity contribution in [3.8, 4) is 0 Å². The molecule has 0 unspecified atom stereocenters.